The lowest BCUT2D eigenvalue weighted by Crippen LogP contribution is -2.23. The fourth-order valence-corrected chi connectivity index (χ4v) is 2.83. The van der Waals surface area contributed by atoms with Crippen molar-refractivity contribution in [2.75, 3.05) is 0 Å². The second kappa shape index (κ2) is 3.86. The van der Waals surface area contributed by atoms with Gasteiger partial charge in [-0.15, -0.1) is 0 Å². The van der Waals surface area contributed by atoms with Crippen LogP contribution in [-0.2, 0) is 12.0 Å². The first-order valence-electron chi connectivity index (χ1n) is 5.77. The zero-order valence-electron chi connectivity index (χ0n) is 9.36. The highest BCUT2D eigenvalue weighted by atomic mass is 35.5. The van der Waals surface area contributed by atoms with Crippen molar-refractivity contribution >= 4 is 11.6 Å². The maximum absolute atomic E-state index is 10.9. The van der Waals surface area contributed by atoms with Crippen molar-refractivity contribution in [3.05, 3.63) is 70.2 Å². The van der Waals surface area contributed by atoms with E-state index in [4.69, 9.17) is 11.6 Å². The van der Waals surface area contributed by atoms with E-state index in [0.29, 0.717) is 0 Å². The third-order valence-electron chi connectivity index (χ3n) is 3.52. The van der Waals surface area contributed by atoms with E-state index in [1.54, 1.807) is 0 Å². The fraction of sp³-hybridized carbons (Fsp3) is 0.200. The zero-order chi connectivity index (χ0) is 11.9. The van der Waals surface area contributed by atoms with Crippen molar-refractivity contribution in [2.24, 2.45) is 0 Å². The molecule has 0 aromatic heterocycles. The quantitative estimate of drug-likeness (QED) is 0.814. The van der Waals surface area contributed by atoms with E-state index >= 15 is 0 Å². The molecule has 2 heteroatoms. The highest BCUT2D eigenvalue weighted by molar-refractivity contribution is 6.30. The fourth-order valence-electron chi connectivity index (χ4n) is 2.64. The van der Waals surface area contributed by atoms with Crippen molar-refractivity contribution in [1.82, 2.24) is 0 Å². The Morgan fingerprint density at radius 1 is 1.06 bits per heavy atom. The summed E-state index contributed by atoms with van der Waals surface area (Å²) >= 11 is 5.98. The van der Waals surface area contributed by atoms with Gasteiger partial charge in [-0.1, -0.05) is 48.0 Å². The minimum atomic E-state index is -0.846. The summed E-state index contributed by atoms with van der Waals surface area (Å²) in [5.74, 6) is 0. The Kier molecular flexibility index (Phi) is 2.46. The second-order valence-electron chi connectivity index (χ2n) is 4.53. The van der Waals surface area contributed by atoms with E-state index in [1.807, 2.05) is 48.5 Å². The van der Waals surface area contributed by atoms with Gasteiger partial charge in [-0.25, -0.2) is 0 Å². The number of rotatable bonds is 1. The predicted molar refractivity (Wildman–Crippen MR) is 69.2 cm³/mol. The summed E-state index contributed by atoms with van der Waals surface area (Å²) in [6.07, 6.45) is 1.61. The predicted octanol–water partition coefficient (Wildman–Crippen LogP) is 3.52. The largest absolute Gasteiger partial charge is 0.380 e. The van der Waals surface area contributed by atoms with E-state index in [-0.39, 0.29) is 0 Å². The minimum absolute atomic E-state index is 0.729. The molecule has 0 spiro atoms. The molecule has 0 aliphatic heterocycles. The van der Waals surface area contributed by atoms with E-state index in [1.165, 1.54) is 0 Å². The molecule has 1 atom stereocenters. The van der Waals surface area contributed by atoms with Crippen LogP contribution in [0.5, 0.6) is 0 Å². The Morgan fingerprint density at radius 3 is 2.59 bits per heavy atom. The lowest BCUT2D eigenvalue weighted by atomic mass is 9.88. The molecule has 2 aromatic carbocycles. The SMILES string of the molecule is O[C@]1(c2ccccc2)CCc2cc(Cl)ccc21. The van der Waals surface area contributed by atoms with Crippen LogP contribution in [0, 0.1) is 0 Å². The maximum atomic E-state index is 10.9. The first-order chi connectivity index (χ1) is 8.20. The Balaban J connectivity index is 2.14. The number of benzene rings is 2. The van der Waals surface area contributed by atoms with Crippen LogP contribution in [0.4, 0.5) is 0 Å². The third kappa shape index (κ3) is 1.67. The van der Waals surface area contributed by atoms with Gasteiger partial charge in [0.05, 0.1) is 0 Å². The summed E-state index contributed by atoms with van der Waals surface area (Å²) in [5, 5.41) is 11.6. The smallest absolute Gasteiger partial charge is 0.115 e. The van der Waals surface area contributed by atoms with Gasteiger partial charge in [0.25, 0.3) is 0 Å². The molecule has 0 unspecified atom stereocenters. The minimum Gasteiger partial charge on any atom is -0.380 e. The van der Waals surface area contributed by atoms with Crippen LogP contribution >= 0.6 is 11.6 Å². The van der Waals surface area contributed by atoms with Gasteiger partial charge in [0.2, 0.25) is 0 Å². The molecular formula is C15H13ClO. The van der Waals surface area contributed by atoms with Gasteiger partial charge in [0.1, 0.15) is 5.60 Å². The summed E-state index contributed by atoms with van der Waals surface area (Å²) < 4.78 is 0. The molecule has 0 bridgehead atoms. The van der Waals surface area contributed by atoms with Gasteiger partial charge in [-0.3, -0.25) is 0 Å². The highest BCUT2D eigenvalue weighted by Crippen LogP contribution is 2.42. The van der Waals surface area contributed by atoms with Crippen molar-refractivity contribution in [3.63, 3.8) is 0 Å². The molecule has 2 aromatic rings. The van der Waals surface area contributed by atoms with E-state index < -0.39 is 5.60 Å². The van der Waals surface area contributed by atoms with Crippen LogP contribution in [-0.4, -0.2) is 5.11 Å². The molecule has 0 radical (unpaired) electrons. The van der Waals surface area contributed by atoms with Crippen LogP contribution in [0.25, 0.3) is 0 Å². The standard InChI is InChI=1S/C15H13ClO/c16-13-6-7-14-11(10-13)8-9-15(14,17)12-4-2-1-3-5-12/h1-7,10,17H,8-9H2/t15-/m0/s1. The van der Waals surface area contributed by atoms with Crippen molar-refractivity contribution in [1.29, 1.82) is 0 Å². The molecule has 17 heavy (non-hydrogen) atoms. The average Bonchev–Trinajstić information content (AvgIpc) is 2.69. The maximum Gasteiger partial charge on any atom is 0.115 e. The average molecular weight is 245 g/mol. The van der Waals surface area contributed by atoms with Crippen LogP contribution in [0.1, 0.15) is 23.1 Å². The number of aryl methyl sites for hydroxylation is 1. The lowest BCUT2D eigenvalue weighted by molar-refractivity contribution is 0.0829. The molecule has 0 fully saturated rings. The molecule has 1 aliphatic rings. The molecule has 1 aliphatic carbocycles. The molecule has 1 N–H and O–H groups in total. The van der Waals surface area contributed by atoms with Gasteiger partial charge in [-0.2, -0.15) is 0 Å². The van der Waals surface area contributed by atoms with Crippen LogP contribution in [0.15, 0.2) is 48.5 Å². The molecule has 1 nitrogen and oxygen atoms in total. The summed E-state index contributed by atoms with van der Waals surface area (Å²) in [4.78, 5) is 0. The van der Waals surface area contributed by atoms with Crippen LogP contribution in [0.3, 0.4) is 0 Å². The number of aliphatic hydroxyl groups is 1. The number of hydrogen-bond acceptors (Lipinski definition) is 1. The zero-order valence-corrected chi connectivity index (χ0v) is 10.1. The molecular weight excluding hydrogens is 232 g/mol. The molecule has 3 rings (SSSR count). The van der Waals surface area contributed by atoms with Crippen molar-refractivity contribution in [3.8, 4) is 0 Å². The van der Waals surface area contributed by atoms with Crippen LogP contribution in [0.2, 0.25) is 5.02 Å². The first-order valence-corrected chi connectivity index (χ1v) is 6.15. The topological polar surface area (TPSA) is 20.2 Å². The van der Waals surface area contributed by atoms with Gasteiger partial charge in [0.15, 0.2) is 0 Å². The van der Waals surface area contributed by atoms with Crippen LogP contribution < -0.4 is 0 Å². The van der Waals surface area contributed by atoms with E-state index in [9.17, 15) is 5.11 Å². The normalized spacial score (nSPS) is 22.5. The Hall–Kier alpha value is -1.31. The Labute approximate surface area is 106 Å². The molecule has 0 heterocycles. The van der Waals surface area contributed by atoms with Gasteiger partial charge < -0.3 is 5.11 Å². The molecule has 0 saturated carbocycles. The van der Waals surface area contributed by atoms with E-state index in [2.05, 4.69) is 0 Å². The number of hydrogen-bond donors (Lipinski definition) is 1. The Bertz CT molecular complexity index is 550. The Morgan fingerprint density at radius 2 is 1.82 bits per heavy atom. The molecule has 0 amide bonds. The van der Waals surface area contributed by atoms with Crippen molar-refractivity contribution < 1.29 is 5.11 Å². The molecule has 0 saturated heterocycles. The monoisotopic (exact) mass is 244 g/mol. The third-order valence-corrected chi connectivity index (χ3v) is 3.76. The van der Waals surface area contributed by atoms with Gasteiger partial charge >= 0.3 is 0 Å². The summed E-state index contributed by atoms with van der Waals surface area (Å²) in [6, 6.07) is 15.6. The summed E-state index contributed by atoms with van der Waals surface area (Å²) in [6.45, 7) is 0. The van der Waals surface area contributed by atoms with Gasteiger partial charge in [0, 0.05) is 5.02 Å². The summed E-state index contributed by atoms with van der Waals surface area (Å²) in [7, 11) is 0. The molecule has 86 valence electrons. The van der Waals surface area contributed by atoms with E-state index in [0.717, 1.165) is 34.6 Å². The lowest BCUT2D eigenvalue weighted by Gasteiger charge is -2.24. The number of halogens is 1. The van der Waals surface area contributed by atoms with Gasteiger partial charge in [-0.05, 0) is 41.7 Å². The first kappa shape index (κ1) is 10.8. The van der Waals surface area contributed by atoms with Crippen molar-refractivity contribution in [2.45, 2.75) is 18.4 Å². The highest BCUT2D eigenvalue weighted by Gasteiger charge is 2.37. The number of fused-ring (bicyclic) bond motifs is 1. The second-order valence-corrected chi connectivity index (χ2v) is 4.96. The summed E-state index contributed by atoms with van der Waals surface area (Å²) in [5.41, 5.74) is 2.26.